The Bertz CT molecular complexity index is 528. The summed E-state index contributed by atoms with van der Waals surface area (Å²) in [5, 5.41) is 28.7. The number of nitrogens with zero attached hydrogens (tertiary/aromatic N) is 1. The maximum Gasteiger partial charge on any atom is 0.0791 e. The lowest BCUT2D eigenvalue weighted by Gasteiger charge is -2.27. The SMILES string of the molecule is CCCCCCCCCCCCNCC(O)CN(CCCCCCCCCCCC)CC(O)CNCCCCCCCCCCCC. The van der Waals surface area contributed by atoms with Crippen LogP contribution in [0.1, 0.15) is 213 Å². The molecule has 0 spiro atoms. The second-order valence-electron chi connectivity index (χ2n) is 15.0. The second-order valence-corrected chi connectivity index (χ2v) is 15.0. The van der Waals surface area contributed by atoms with Crippen molar-refractivity contribution in [2.24, 2.45) is 0 Å². The second kappa shape index (κ2) is 40.2. The molecule has 0 aromatic rings. The topological polar surface area (TPSA) is 67.8 Å². The fourth-order valence-electron chi connectivity index (χ4n) is 6.82. The first-order valence-electron chi connectivity index (χ1n) is 21.6. The van der Waals surface area contributed by atoms with E-state index in [1.165, 1.54) is 186 Å². The molecular weight excluding hydrogens is 578 g/mol. The Morgan fingerprint density at radius 1 is 0.362 bits per heavy atom. The minimum atomic E-state index is -0.381. The van der Waals surface area contributed by atoms with Crippen molar-refractivity contribution in [3.8, 4) is 0 Å². The summed E-state index contributed by atoms with van der Waals surface area (Å²) in [6.07, 6.45) is 39.7. The van der Waals surface area contributed by atoms with Gasteiger partial charge in [-0.15, -0.1) is 0 Å². The van der Waals surface area contributed by atoms with Gasteiger partial charge in [0.1, 0.15) is 0 Å². The summed E-state index contributed by atoms with van der Waals surface area (Å²) in [5.74, 6) is 0. The molecule has 2 unspecified atom stereocenters. The molecule has 0 aliphatic heterocycles. The van der Waals surface area contributed by atoms with Crippen molar-refractivity contribution in [2.45, 2.75) is 226 Å². The summed E-state index contributed by atoms with van der Waals surface area (Å²) in [6.45, 7) is 12.4. The van der Waals surface area contributed by atoms with Crippen molar-refractivity contribution in [1.29, 1.82) is 0 Å². The standard InChI is InChI=1S/C42H89N3O2/c1-4-7-10-13-16-19-22-25-28-31-34-43-37-41(46)39-45(36-33-30-27-24-21-18-15-12-9-6-3)40-42(47)38-44-35-32-29-26-23-20-17-14-11-8-5-2/h41-44,46-47H,4-40H2,1-3H3. The average molecular weight is 668 g/mol. The molecule has 0 saturated heterocycles. The highest BCUT2D eigenvalue weighted by atomic mass is 16.3. The highest BCUT2D eigenvalue weighted by Gasteiger charge is 2.15. The Labute approximate surface area is 296 Å². The van der Waals surface area contributed by atoms with Crippen LogP contribution in [0.25, 0.3) is 0 Å². The molecule has 0 aliphatic carbocycles. The third-order valence-electron chi connectivity index (χ3n) is 9.94. The Morgan fingerprint density at radius 3 is 0.915 bits per heavy atom. The van der Waals surface area contributed by atoms with E-state index in [9.17, 15) is 10.2 Å². The minimum absolute atomic E-state index is 0.381. The zero-order valence-electron chi connectivity index (χ0n) is 32.7. The van der Waals surface area contributed by atoms with Crippen molar-refractivity contribution in [1.82, 2.24) is 15.5 Å². The van der Waals surface area contributed by atoms with Crippen LogP contribution in [0.4, 0.5) is 0 Å². The normalized spacial score (nSPS) is 13.1. The van der Waals surface area contributed by atoms with Gasteiger partial charge in [0.2, 0.25) is 0 Å². The zero-order chi connectivity index (χ0) is 34.3. The molecule has 2 atom stereocenters. The number of nitrogens with one attached hydrogen (secondary N) is 2. The molecule has 0 amide bonds. The molecule has 284 valence electrons. The molecule has 5 nitrogen and oxygen atoms in total. The molecule has 0 heterocycles. The van der Waals surface area contributed by atoms with Gasteiger partial charge in [-0.05, 0) is 38.9 Å². The summed E-state index contributed by atoms with van der Waals surface area (Å²) in [7, 11) is 0. The molecule has 0 aromatic heterocycles. The number of rotatable bonds is 41. The van der Waals surface area contributed by atoms with E-state index in [0.29, 0.717) is 26.2 Å². The van der Waals surface area contributed by atoms with Crippen LogP contribution in [0.15, 0.2) is 0 Å². The largest absolute Gasteiger partial charge is 0.390 e. The fourth-order valence-corrected chi connectivity index (χ4v) is 6.82. The van der Waals surface area contributed by atoms with Gasteiger partial charge in [-0.3, -0.25) is 4.90 Å². The predicted octanol–water partition coefficient (Wildman–Crippen LogP) is 11.0. The van der Waals surface area contributed by atoms with Gasteiger partial charge in [0, 0.05) is 26.2 Å². The summed E-state index contributed by atoms with van der Waals surface area (Å²) in [4.78, 5) is 2.32. The Morgan fingerprint density at radius 2 is 0.617 bits per heavy atom. The van der Waals surface area contributed by atoms with Crippen LogP contribution in [0.3, 0.4) is 0 Å². The lowest BCUT2D eigenvalue weighted by molar-refractivity contribution is 0.0679. The van der Waals surface area contributed by atoms with Gasteiger partial charge in [-0.25, -0.2) is 0 Å². The zero-order valence-corrected chi connectivity index (χ0v) is 32.7. The molecule has 47 heavy (non-hydrogen) atoms. The van der Waals surface area contributed by atoms with Crippen LogP contribution >= 0.6 is 0 Å². The summed E-state index contributed by atoms with van der Waals surface area (Å²) < 4.78 is 0. The van der Waals surface area contributed by atoms with E-state index in [1.54, 1.807) is 0 Å². The van der Waals surface area contributed by atoms with E-state index < -0.39 is 0 Å². The Kier molecular flexibility index (Phi) is 40.1. The van der Waals surface area contributed by atoms with E-state index >= 15 is 0 Å². The van der Waals surface area contributed by atoms with Gasteiger partial charge in [0.25, 0.3) is 0 Å². The molecule has 0 saturated carbocycles. The van der Waals surface area contributed by atoms with Crippen LogP contribution in [-0.2, 0) is 0 Å². The maximum atomic E-state index is 10.8. The van der Waals surface area contributed by atoms with Crippen molar-refractivity contribution >= 4 is 0 Å². The third kappa shape index (κ3) is 38.5. The van der Waals surface area contributed by atoms with Crippen molar-refractivity contribution in [2.75, 3.05) is 45.8 Å². The maximum absolute atomic E-state index is 10.8. The van der Waals surface area contributed by atoms with Gasteiger partial charge in [0.15, 0.2) is 0 Å². The summed E-state index contributed by atoms with van der Waals surface area (Å²) in [6, 6.07) is 0. The van der Waals surface area contributed by atoms with Gasteiger partial charge in [-0.2, -0.15) is 0 Å². The van der Waals surface area contributed by atoms with E-state index in [2.05, 4.69) is 36.3 Å². The molecule has 0 radical (unpaired) electrons. The van der Waals surface area contributed by atoms with Gasteiger partial charge < -0.3 is 20.8 Å². The van der Waals surface area contributed by atoms with Crippen molar-refractivity contribution < 1.29 is 10.2 Å². The molecule has 0 aliphatic rings. The van der Waals surface area contributed by atoms with Crippen LogP contribution in [0, 0.1) is 0 Å². The first kappa shape index (κ1) is 46.8. The van der Waals surface area contributed by atoms with E-state index in [0.717, 1.165) is 26.1 Å². The van der Waals surface area contributed by atoms with Gasteiger partial charge >= 0.3 is 0 Å². The van der Waals surface area contributed by atoms with Crippen LogP contribution in [-0.4, -0.2) is 73.1 Å². The van der Waals surface area contributed by atoms with Crippen molar-refractivity contribution in [3.63, 3.8) is 0 Å². The molecule has 4 N–H and O–H groups in total. The van der Waals surface area contributed by atoms with Gasteiger partial charge in [-0.1, -0.05) is 194 Å². The average Bonchev–Trinajstić information content (AvgIpc) is 3.06. The van der Waals surface area contributed by atoms with E-state index in [4.69, 9.17) is 0 Å². The number of hydrogen-bond acceptors (Lipinski definition) is 5. The van der Waals surface area contributed by atoms with Crippen LogP contribution in [0.5, 0.6) is 0 Å². The van der Waals surface area contributed by atoms with Crippen LogP contribution in [0.2, 0.25) is 0 Å². The molecule has 5 heteroatoms. The fraction of sp³-hybridized carbons (Fsp3) is 1.00. The number of aliphatic hydroxyl groups is 2. The first-order chi connectivity index (χ1) is 23.1. The van der Waals surface area contributed by atoms with Gasteiger partial charge in [0.05, 0.1) is 12.2 Å². The minimum Gasteiger partial charge on any atom is -0.390 e. The molecule has 0 bridgehead atoms. The smallest absolute Gasteiger partial charge is 0.0791 e. The Hall–Kier alpha value is -0.200. The van der Waals surface area contributed by atoms with E-state index in [1.807, 2.05) is 0 Å². The summed E-state index contributed by atoms with van der Waals surface area (Å²) in [5.41, 5.74) is 0. The highest BCUT2D eigenvalue weighted by molar-refractivity contribution is 4.72. The lowest BCUT2D eigenvalue weighted by Crippen LogP contribution is -2.44. The molecular formula is C42H89N3O2. The Balaban J connectivity index is 4.16. The highest BCUT2D eigenvalue weighted by Crippen LogP contribution is 2.13. The lowest BCUT2D eigenvalue weighted by atomic mass is 10.1. The number of hydrogen-bond donors (Lipinski definition) is 4. The quantitative estimate of drug-likeness (QED) is 0.0489. The third-order valence-corrected chi connectivity index (χ3v) is 9.94. The monoisotopic (exact) mass is 668 g/mol. The molecule has 0 aromatic carbocycles. The number of unbranched alkanes of at least 4 members (excludes halogenated alkanes) is 27. The molecule has 0 fully saturated rings. The van der Waals surface area contributed by atoms with Crippen LogP contribution < -0.4 is 10.6 Å². The van der Waals surface area contributed by atoms with E-state index in [-0.39, 0.29) is 12.2 Å². The molecule has 0 rings (SSSR count). The summed E-state index contributed by atoms with van der Waals surface area (Å²) >= 11 is 0. The first-order valence-corrected chi connectivity index (χ1v) is 21.6. The van der Waals surface area contributed by atoms with Crippen molar-refractivity contribution in [3.05, 3.63) is 0 Å². The predicted molar refractivity (Wildman–Crippen MR) is 210 cm³/mol. The number of aliphatic hydroxyl groups excluding tert-OH is 2.